The Balaban J connectivity index is 1.90. The highest BCUT2D eigenvalue weighted by molar-refractivity contribution is 7.18. The fourth-order valence-corrected chi connectivity index (χ4v) is 3.42. The molecular weight excluding hydrogens is 286 g/mol. The van der Waals surface area contributed by atoms with Crippen LogP contribution in [0.4, 0.5) is 10.9 Å². The van der Waals surface area contributed by atoms with Crippen molar-refractivity contribution in [1.29, 1.82) is 0 Å². The van der Waals surface area contributed by atoms with Crippen molar-refractivity contribution in [2.45, 2.75) is 12.8 Å². The molecule has 6 heteroatoms. The first-order valence-corrected chi connectivity index (χ1v) is 7.70. The lowest BCUT2D eigenvalue weighted by atomic mass is 10.1. The van der Waals surface area contributed by atoms with Gasteiger partial charge in [0.05, 0.1) is 7.11 Å². The van der Waals surface area contributed by atoms with Gasteiger partial charge in [0, 0.05) is 18.7 Å². The Kier molecular flexibility index (Phi) is 3.79. The molecule has 0 saturated carbocycles. The molecule has 0 bridgehead atoms. The number of nitrogens with two attached hydrogens (primary N) is 1. The SMILES string of the molecule is COc1cccc(C(=O)c2sc(N3CCCC3)nc2N)c1. The number of ketones is 1. The summed E-state index contributed by atoms with van der Waals surface area (Å²) >= 11 is 1.37. The van der Waals surface area contributed by atoms with E-state index in [1.165, 1.54) is 24.2 Å². The van der Waals surface area contributed by atoms with Crippen LogP contribution in [0, 0.1) is 0 Å². The number of nitrogens with zero attached hydrogens (tertiary/aromatic N) is 2. The van der Waals surface area contributed by atoms with E-state index in [9.17, 15) is 4.79 Å². The van der Waals surface area contributed by atoms with E-state index in [-0.39, 0.29) is 5.78 Å². The van der Waals surface area contributed by atoms with E-state index in [1.54, 1.807) is 25.3 Å². The molecule has 1 aliphatic rings. The number of rotatable bonds is 4. The van der Waals surface area contributed by atoms with Crippen LogP contribution in [0.25, 0.3) is 0 Å². The maximum absolute atomic E-state index is 12.6. The molecule has 0 aliphatic carbocycles. The highest BCUT2D eigenvalue weighted by Crippen LogP contribution is 2.32. The van der Waals surface area contributed by atoms with Gasteiger partial charge in [-0.3, -0.25) is 4.79 Å². The van der Waals surface area contributed by atoms with Gasteiger partial charge in [0.15, 0.2) is 5.13 Å². The van der Waals surface area contributed by atoms with Crippen LogP contribution in [0.5, 0.6) is 5.75 Å². The molecule has 1 aromatic carbocycles. The van der Waals surface area contributed by atoms with Gasteiger partial charge < -0.3 is 15.4 Å². The Labute approximate surface area is 127 Å². The molecule has 0 radical (unpaired) electrons. The van der Waals surface area contributed by atoms with Crippen molar-refractivity contribution in [1.82, 2.24) is 4.98 Å². The van der Waals surface area contributed by atoms with Crippen molar-refractivity contribution >= 4 is 28.1 Å². The molecule has 1 aliphatic heterocycles. The Morgan fingerprint density at radius 3 is 2.86 bits per heavy atom. The Hall–Kier alpha value is -2.08. The summed E-state index contributed by atoms with van der Waals surface area (Å²) in [5, 5.41) is 0.844. The van der Waals surface area contributed by atoms with Gasteiger partial charge in [0.25, 0.3) is 0 Å². The molecule has 5 nitrogen and oxygen atoms in total. The van der Waals surface area contributed by atoms with Gasteiger partial charge in [-0.15, -0.1) is 0 Å². The standard InChI is InChI=1S/C15H17N3O2S/c1-20-11-6-4-5-10(9-11)12(19)13-14(16)17-15(21-13)18-7-2-3-8-18/h4-6,9H,2-3,7-8,16H2,1H3. The zero-order chi connectivity index (χ0) is 14.8. The maximum atomic E-state index is 12.6. The highest BCUT2D eigenvalue weighted by Gasteiger charge is 2.22. The normalized spacial score (nSPS) is 14.4. The summed E-state index contributed by atoms with van der Waals surface area (Å²) in [6.07, 6.45) is 2.33. The van der Waals surface area contributed by atoms with Gasteiger partial charge in [-0.1, -0.05) is 23.5 Å². The van der Waals surface area contributed by atoms with Crippen molar-refractivity contribution in [3.05, 3.63) is 34.7 Å². The smallest absolute Gasteiger partial charge is 0.206 e. The number of ether oxygens (including phenoxy) is 1. The Morgan fingerprint density at radius 2 is 2.14 bits per heavy atom. The summed E-state index contributed by atoms with van der Waals surface area (Å²) in [6.45, 7) is 1.97. The predicted molar refractivity (Wildman–Crippen MR) is 84.4 cm³/mol. The number of nitrogen functional groups attached to an aromatic ring is 1. The fraction of sp³-hybridized carbons (Fsp3) is 0.333. The first-order chi connectivity index (χ1) is 10.2. The molecule has 0 atom stereocenters. The quantitative estimate of drug-likeness (QED) is 0.879. The highest BCUT2D eigenvalue weighted by atomic mass is 32.1. The average Bonchev–Trinajstić information content (AvgIpc) is 3.16. The topological polar surface area (TPSA) is 68.5 Å². The fourth-order valence-electron chi connectivity index (χ4n) is 2.42. The van der Waals surface area contributed by atoms with E-state index in [0.717, 1.165) is 18.2 Å². The zero-order valence-corrected chi connectivity index (χ0v) is 12.7. The lowest BCUT2D eigenvalue weighted by Crippen LogP contribution is -2.17. The molecule has 2 aromatic rings. The van der Waals surface area contributed by atoms with E-state index in [1.807, 2.05) is 6.07 Å². The first kappa shape index (κ1) is 13.9. The summed E-state index contributed by atoms with van der Waals surface area (Å²) in [5.41, 5.74) is 6.51. The number of benzene rings is 1. The number of carbonyl (C=O) groups excluding carboxylic acids is 1. The van der Waals surface area contributed by atoms with Crippen LogP contribution in [-0.2, 0) is 0 Å². The van der Waals surface area contributed by atoms with Gasteiger partial charge in [-0.25, -0.2) is 4.98 Å². The molecule has 1 saturated heterocycles. The third kappa shape index (κ3) is 2.71. The van der Waals surface area contributed by atoms with Crippen LogP contribution >= 0.6 is 11.3 Å². The van der Waals surface area contributed by atoms with Gasteiger partial charge in [-0.2, -0.15) is 0 Å². The summed E-state index contributed by atoms with van der Waals surface area (Å²) in [4.78, 5) is 19.6. The lowest BCUT2D eigenvalue weighted by Gasteiger charge is -2.11. The number of methoxy groups -OCH3 is 1. The zero-order valence-electron chi connectivity index (χ0n) is 11.8. The Bertz CT molecular complexity index is 663. The molecule has 0 unspecified atom stereocenters. The molecule has 0 amide bonds. The molecule has 1 fully saturated rings. The summed E-state index contributed by atoms with van der Waals surface area (Å²) in [7, 11) is 1.58. The minimum atomic E-state index is -0.102. The monoisotopic (exact) mass is 303 g/mol. The predicted octanol–water partition coefficient (Wildman–Crippen LogP) is 2.57. The first-order valence-electron chi connectivity index (χ1n) is 6.89. The molecular formula is C15H17N3O2S. The number of hydrogen-bond donors (Lipinski definition) is 1. The second-order valence-corrected chi connectivity index (χ2v) is 5.94. The minimum Gasteiger partial charge on any atom is -0.497 e. The van der Waals surface area contributed by atoms with E-state index >= 15 is 0 Å². The molecule has 110 valence electrons. The third-order valence-electron chi connectivity index (χ3n) is 3.56. The lowest BCUT2D eigenvalue weighted by molar-refractivity contribution is 0.104. The summed E-state index contributed by atoms with van der Waals surface area (Å²) < 4.78 is 5.15. The van der Waals surface area contributed by atoms with Crippen molar-refractivity contribution in [3.8, 4) is 5.75 Å². The van der Waals surface area contributed by atoms with Crippen LogP contribution in [0.3, 0.4) is 0 Å². The van der Waals surface area contributed by atoms with Gasteiger partial charge >= 0.3 is 0 Å². The molecule has 3 rings (SSSR count). The van der Waals surface area contributed by atoms with Crippen molar-refractivity contribution in [2.75, 3.05) is 30.8 Å². The number of aromatic nitrogens is 1. The maximum Gasteiger partial charge on any atom is 0.206 e. The summed E-state index contributed by atoms with van der Waals surface area (Å²) in [5.74, 6) is 0.868. The van der Waals surface area contributed by atoms with E-state index in [2.05, 4.69) is 9.88 Å². The molecule has 2 heterocycles. The van der Waals surface area contributed by atoms with Gasteiger partial charge in [-0.05, 0) is 25.0 Å². The van der Waals surface area contributed by atoms with Crippen LogP contribution in [-0.4, -0.2) is 31.0 Å². The number of hydrogen-bond acceptors (Lipinski definition) is 6. The van der Waals surface area contributed by atoms with E-state index < -0.39 is 0 Å². The van der Waals surface area contributed by atoms with Gasteiger partial charge in [0.2, 0.25) is 5.78 Å². The largest absolute Gasteiger partial charge is 0.497 e. The number of thiazole rings is 1. The second kappa shape index (κ2) is 5.73. The van der Waals surface area contributed by atoms with Crippen LogP contribution in [0.2, 0.25) is 0 Å². The molecule has 2 N–H and O–H groups in total. The minimum absolute atomic E-state index is 0.102. The Morgan fingerprint density at radius 1 is 1.38 bits per heavy atom. The van der Waals surface area contributed by atoms with Crippen molar-refractivity contribution in [3.63, 3.8) is 0 Å². The second-order valence-electron chi connectivity index (χ2n) is 4.97. The third-order valence-corrected chi connectivity index (χ3v) is 4.69. The van der Waals surface area contributed by atoms with E-state index in [4.69, 9.17) is 10.5 Å². The van der Waals surface area contributed by atoms with Crippen LogP contribution in [0.15, 0.2) is 24.3 Å². The summed E-state index contributed by atoms with van der Waals surface area (Å²) in [6, 6.07) is 7.09. The van der Waals surface area contributed by atoms with Gasteiger partial charge in [0.1, 0.15) is 16.4 Å². The molecule has 1 aromatic heterocycles. The van der Waals surface area contributed by atoms with Crippen LogP contribution in [0.1, 0.15) is 28.1 Å². The van der Waals surface area contributed by atoms with Crippen LogP contribution < -0.4 is 15.4 Å². The molecule has 0 spiro atoms. The average molecular weight is 303 g/mol. The van der Waals surface area contributed by atoms with E-state index in [0.29, 0.717) is 22.0 Å². The van der Waals surface area contributed by atoms with Crippen molar-refractivity contribution in [2.24, 2.45) is 0 Å². The number of carbonyl (C=O) groups is 1. The van der Waals surface area contributed by atoms with Crippen molar-refractivity contribution < 1.29 is 9.53 Å². The molecule has 21 heavy (non-hydrogen) atoms. The number of anilines is 2.